The molecule has 0 saturated heterocycles. The Balaban J connectivity index is 1.99. The maximum Gasteiger partial charge on any atom is 0.308 e. The zero-order valence-electron chi connectivity index (χ0n) is 10.2. The van der Waals surface area contributed by atoms with E-state index in [1.54, 1.807) is 12.1 Å². The van der Waals surface area contributed by atoms with Crippen LogP contribution in [0.3, 0.4) is 0 Å². The summed E-state index contributed by atoms with van der Waals surface area (Å²) >= 11 is 2.94. The van der Waals surface area contributed by atoms with E-state index < -0.39 is 5.97 Å². The zero-order chi connectivity index (χ0) is 13.8. The number of aliphatic carboxylic acids is 1. The third-order valence-electron chi connectivity index (χ3n) is 2.46. The number of carboxylic acid groups (broad SMARTS) is 1. The van der Waals surface area contributed by atoms with Crippen LogP contribution in [0.5, 0.6) is 0 Å². The topological polar surface area (TPSA) is 50.2 Å². The summed E-state index contributed by atoms with van der Waals surface area (Å²) < 4.78 is 13.6. The summed E-state index contributed by atoms with van der Waals surface area (Å²) in [6.45, 7) is 1.82. The number of thioether (sulfide) groups is 1. The van der Waals surface area contributed by atoms with E-state index in [1.807, 2.05) is 6.92 Å². The first kappa shape index (κ1) is 14.0. The molecule has 0 spiro atoms. The number of hydrogen-bond acceptors (Lipinski definition) is 4. The van der Waals surface area contributed by atoms with Crippen LogP contribution in [-0.4, -0.2) is 16.1 Å². The van der Waals surface area contributed by atoms with Gasteiger partial charge in [0.05, 0.1) is 12.1 Å². The first-order valence-corrected chi connectivity index (χ1v) is 7.40. The standard InChI is InChI=1S/C13H12FNO2S2/c1-8-11(6-12(16)17)19-13(15-8)18-7-9-2-4-10(14)5-3-9/h2-5H,6-7H2,1H3,(H,16,17). The monoisotopic (exact) mass is 297 g/mol. The quantitative estimate of drug-likeness (QED) is 0.858. The van der Waals surface area contributed by atoms with Gasteiger partial charge in [0, 0.05) is 10.6 Å². The largest absolute Gasteiger partial charge is 0.481 e. The molecule has 100 valence electrons. The third-order valence-corrected chi connectivity index (χ3v) is 4.83. The fourth-order valence-corrected chi connectivity index (χ4v) is 3.67. The first-order chi connectivity index (χ1) is 9.04. The van der Waals surface area contributed by atoms with Gasteiger partial charge in [-0.2, -0.15) is 0 Å². The molecule has 2 aromatic rings. The predicted molar refractivity (Wildman–Crippen MR) is 74.2 cm³/mol. The Morgan fingerprint density at radius 3 is 2.74 bits per heavy atom. The second-order valence-electron chi connectivity index (χ2n) is 3.97. The van der Waals surface area contributed by atoms with Crippen molar-refractivity contribution in [1.29, 1.82) is 0 Å². The van der Waals surface area contributed by atoms with Gasteiger partial charge >= 0.3 is 5.97 Å². The Hall–Kier alpha value is -1.40. The van der Waals surface area contributed by atoms with Crippen LogP contribution in [0.1, 0.15) is 16.1 Å². The SMILES string of the molecule is Cc1nc(SCc2ccc(F)cc2)sc1CC(=O)O. The normalized spacial score (nSPS) is 10.6. The molecule has 3 nitrogen and oxygen atoms in total. The number of hydrogen-bond donors (Lipinski definition) is 1. The second-order valence-corrected chi connectivity index (χ2v) is 6.28. The van der Waals surface area contributed by atoms with Crippen LogP contribution in [0.25, 0.3) is 0 Å². The van der Waals surface area contributed by atoms with Crippen LogP contribution in [0.15, 0.2) is 28.6 Å². The van der Waals surface area contributed by atoms with Crippen LogP contribution in [0.2, 0.25) is 0 Å². The van der Waals surface area contributed by atoms with Crippen LogP contribution in [0.4, 0.5) is 4.39 Å². The minimum atomic E-state index is -0.846. The zero-order valence-corrected chi connectivity index (χ0v) is 11.9. The Bertz CT molecular complexity index is 581. The van der Waals surface area contributed by atoms with E-state index in [0.717, 1.165) is 20.5 Å². The highest BCUT2D eigenvalue weighted by molar-refractivity contribution is 8.00. The van der Waals surface area contributed by atoms with Gasteiger partial charge in [0.25, 0.3) is 0 Å². The van der Waals surface area contributed by atoms with Gasteiger partial charge in [-0.3, -0.25) is 4.79 Å². The van der Waals surface area contributed by atoms with Crippen molar-refractivity contribution in [3.8, 4) is 0 Å². The number of aromatic nitrogens is 1. The van der Waals surface area contributed by atoms with Crippen molar-refractivity contribution >= 4 is 29.1 Å². The number of carboxylic acids is 1. The van der Waals surface area contributed by atoms with Gasteiger partial charge in [-0.1, -0.05) is 23.9 Å². The smallest absolute Gasteiger partial charge is 0.308 e. The Morgan fingerprint density at radius 1 is 1.42 bits per heavy atom. The molecule has 1 aromatic heterocycles. The number of aryl methyl sites for hydroxylation is 1. The molecule has 0 fully saturated rings. The van der Waals surface area contributed by atoms with E-state index in [9.17, 15) is 9.18 Å². The van der Waals surface area contributed by atoms with Crippen LogP contribution in [-0.2, 0) is 17.0 Å². The molecule has 0 aliphatic rings. The summed E-state index contributed by atoms with van der Waals surface area (Å²) in [5, 5.41) is 8.77. The highest BCUT2D eigenvalue weighted by Gasteiger charge is 2.11. The van der Waals surface area contributed by atoms with Crippen LogP contribution < -0.4 is 0 Å². The molecular weight excluding hydrogens is 285 g/mol. The highest BCUT2D eigenvalue weighted by atomic mass is 32.2. The Labute approximate surface area is 118 Å². The lowest BCUT2D eigenvalue weighted by molar-refractivity contribution is -0.136. The first-order valence-electron chi connectivity index (χ1n) is 5.60. The molecule has 1 aromatic carbocycles. The summed E-state index contributed by atoms with van der Waals surface area (Å²) in [7, 11) is 0. The van der Waals surface area contributed by atoms with Gasteiger partial charge in [0.15, 0.2) is 4.34 Å². The number of rotatable bonds is 5. The molecule has 0 unspecified atom stereocenters. The number of nitrogens with zero attached hydrogens (tertiary/aromatic N) is 1. The lowest BCUT2D eigenvalue weighted by Gasteiger charge is -1.98. The fourth-order valence-electron chi connectivity index (χ4n) is 1.49. The van der Waals surface area contributed by atoms with Gasteiger partial charge in [0.2, 0.25) is 0 Å². The van der Waals surface area contributed by atoms with Crippen molar-refractivity contribution < 1.29 is 14.3 Å². The van der Waals surface area contributed by atoms with E-state index in [0.29, 0.717) is 5.75 Å². The summed E-state index contributed by atoms with van der Waals surface area (Å²) in [6.07, 6.45) is 0.0145. The van der Waals surface area contributed by atoms with E-state index in [1.165, 1.54) is 35.2 Å². The van der Waals surface area contributed by atoms with Gasteiger partial charge in [-0.15, -0.1) is 11.3 Å². The molecule has 0 aliphatic heterocycles. The second kappa shape index (κ2) is 6.16. The van der Waals surface area contributed by atoms with Crippen molar-refractivity contribution in [2.75, 3.05) is 0 Å². The maximum atomic E-state index is 12.8. The predicted octanol–water partition coefficient (Wildman–Crippen LogP) is 3.51. The molecule has 0 atom stereocenters. The van der Waals surface area contributed by atoms with Crippen molar-refractivity contribution in [1.82, 2.24) is 4.98 Å². The van der Waals surface area contributed by atoms with Crippen molar-refractivity contribution in [3.05, 3.63) is 46.2 Å². The van der Waals surface area contributed by atoms with Crippen molar-refractivity contribution in [2.24, 2.45) is 0 Å². The number of benzene rings is 1. The average Bonchev–Trinajstić information content (AvgIpc) is 2.69. The van der Waals surface area contributed by atoms with Crippen LogP contribution in [0, 0.1) is 12.7 Å². The number of thiazole rings is 1. The highest BCUT2D eigenvalue weighted by Crippen LogP contribution is 2.29. The molecule has 0 aliphatic carbocycles. The minimum absolute atomic E-state index is 0.0145. The van der Waals surface area contributed by atoms with E-state index in [-0.39, 0.29) is 12.2 Å². The lowest BCUT2D eigenvalue weighted by Crippen LogP contribution is -1.99. The van der Waals surface area contributed by atoms with Crippen molar-refractivity contribution in [2.45, 2.75) is 23.4 Å². The van der Waals surface area contributed by atoms with Crippen LogP contribution >= 0.6 is 23.1 Å². The van der Waals surface area contributed by atoms with Gasteiger partial charge in [-0.05, 0) is 24.6 Å². The lowest BCUT2D eigenvalue weighted by atomic mass is 10.2. The molecule has 0 radical (unpaired) electrons. The third kappa shape index (κ3) is 4.04. The summed E-state index contributed by atoms with van der Waals surface area (Å²) in [6, 6.07) is 6.33. The molecule has 1 N–H and O–H groups in total. The average molecular weight is 297 g/mol. The summed E-state index contributed by atoms with van der Waals surface area (Å²) in [4.78, 5) is 15.8. The molecule has 6 heteroatoms. The molecule has 0 bridgehead atoms. The molecule has 19 heavy (non-hydrogen) atoms. The maximum absolute atomic E-state index is 12.8. The Morgan fingerprint density at radius 2 is 2.11 bits per heavy atom. The minimum Gasteiger partial charge on any atom is -0.481 e. The van der Waals surface area contributed by atoms with E-state index in [2.05, 4.69) is 4.98 Å². The van der Waals surface area contributed by atoms with Crippen molar-refractivity contribution in [3.63, 3.8) is 0 Å². The molecule has 0 amide bonds. The van der Waals surface area contributed by atoms with E-state index in [4.69, 9.17) is 5.11 Å². The summed E-state index contributed by atoms with van der Waals surface area (Å²) in [5.41, 5.74) is 1.79. The molecular formula is C13H12FNO2S2. The van der Waals surface area contributed by atoms with E-state index >= 15 is 0 Å². The molecule has 2 rings (SSSR count). The van der Waals surface area contributed by atoms with Gasteiger partial charge in [-0.25, -0.2) is 9.37 Å². The van der Waals surface area contributed by atoms with Gasteiger partial charge < -0.3 is 5.11 Å². The Kier molecular flexibility index (Phi) is 4.55. The molecule has 0 saturated carbocycles. The number of carbonyl (C=O) groups is 1. The molecule has 1 heterocycles. The summed E-state index contributed by atoms with van der Waals surface area (Å²) in [5.74, 6) is -0.399. The fraction of sp³-hybridized carbons (Fsp3) is 0.231. The number of halogens is 1. The van der Waals surface area contributed by atoms with Gasteiger partial charge in [0.1, 0.15) is 5.82 Å².